The SMILES string of the molecule is COCCNC(=O)CNCC1CSc2ccccc21. The fourth-order valence-electron chi connectivity index (χ4n) is 2.11. The van der Waals surface area contributed by atoms with Gasteiger partial charge in [0.1, 0.15) is 0 Å². The van der Waals surface area contributed by atoms with Gasteiger partial charge in [0.25, 0.3) is 0 Å². The van der Waals surface area contributed by atoms with Crippen LogP contribution in [0.1, 0.15) is 11.5 Å². The summed E-state index contributed by atoms with van der Waals surface area (Å²) in [5, 5.41) is 6.03. The number of hydrogen-bond donors (Lipinski definition) is 2. The summed E-state index contributed by atoms with van der Waals surface area (Å²) in [5.41, 5.74) is 1.40. The van der Waals surface area contributed by atoms with Crippen LogP contribution < -0.4 is 10.6 Å². The number of carbonyl (C=O) groups excluding carboxylic acids is 1. The van der Waals surface area contributed by atoms with E-state index < -0.39 is 0 Å². The van der Waals surface area contributed by atoms with E-state index in [0.29, 0.717) is 25.6 Å². The minimum Gasteiger partial charge on any atom is -0.383 e. The van der Waals surface area contributed by atoms with E-state index in [1.165, 1.54) is 10.5 Å². The molecule has 0 fully saturated rings. The van der Waals surface area contributed by atoms with Gasteiger partial charge in [-0.15, -0.1) is 11.8 Å². The van der Waals surface area contributed by atoms with Gasteiger partial charge in [-0.05, 0) is 11.6 Å². The maximum atomic E-state index is 11.5. The Kier molecular flexibility index (Phi) is 5.69. The molecule has 4 nitrogen and oxygen atoms in total. The lowest BCUT2D eigenvalue weighted by Gasteiger charge is -2.12. The van der Waals surface area contributed by atoms with Gasteiger partial charge in [0, 0.05) is 36.8 Å². The van der Waals surface area contributed by atoms with E-state index >= 15 is 0 Å². The highest BCUT2D eigenvalue weighted by Gasteiger charge is 2.22. The molecule has 1 aromatic carbocycles. The van der Waals surface area contributed by atoms with Crippen LogP contribution in [-0.2, 0) is 9.53 Å². The van der Waals surface area contributed by atoms with Gasteiger partial charge in [-0.25, -0.2) is 0 Å². The molecule has 0 bridgehead atoms. The van der Waals surface area contributed by atoms with E-state index in [-0.39, 0.29) is 5.91 Å². The molecule has 0 spiro atoms. The Morgan fingerprint density at radius 3 is 3.16 bits per heavy atom. The van der Waals surface area contributed by atoms with E-state index in [4.69, 9.17) is 4.74 Å². The van der Waals surface area contributed by atoms with Crippen LogP contribution in [0.25, 0.3) is 0 Å². The summed E-state index contributed by atoms with van der Waals surface area (Å²) in [7, 11) is 1.62. The third kappa shape index (κ3) is 4.23. The Hall–Kier alpha value is -1.04. The highest BCUT2D eigenvalue weighted by atomic mass is 32.2. The van der Waals surface area contributed by atoms with Crippen molar-refractivity contribution in [1.29, 1.82) is 0 Å². The zero-order chi connectivity index (χ0) is 13.5. The average Bonchev–Trinajstić information content (AvgIpc) is 2.83. The van der Waals surface area contributed by atoms with E-state index in [1.54, 1.807) is 7.11 Å². The predicted molar refractivity (Wildman–Crippen MR) is 77.7 cm³/mol. The lowest BCUT2D eigenvalue weighted by molar-refractivity contribution is -0.120. The number of methoxy groups -OCH3 is 1. The van der Waals surface area contributed by atoms with E-state index in [9.17, 15) is 4.79 Å². The van der Waals surface area contributed by atoms with Crippen LogP contribution in [0.3, 0.4) is 0 Å². The van der Waals surface area contributed by atoms with Crippen molar-refractivity contribution in [2.45, 2.75) is 10.8 Å². The topological polar surface area (TPSA) is 50.4 Å². The Labute approximate surface area is 118 Å². The molecule has 0 aliphatic carbocycles. The summed E-state index contributed by atoms with van der Waals surface area (Å²) >= 11 is 1.89. The fourth-order valence-corrected chi connectivity index (χ4v) is 3.37. The number of fused-ring (bicyclic) bond motifs is 1. The Morgan fingerprint density at radius 2 is 2.32 bits per heavy atom. The number of hydrogen-bond acceptors (Lipinski definition) is 4. The number of benzene rings is 1. The molecular weight excluding hydrogens is 260 g/mol. The number of nitrogens with one attached hydrogen (secondary N) is 2. The second kappa shape index (κ2) is 7.53. The molecule has 1 atom stereocenters. The number of ether oxygens (including phenoxy) is 1. The minimum atomic E-state index is 0.0241. The van der Waals surface area contributed by atoms with Crippen molar-refractivity contribution in [3.8, 4) is 0 Å². The van der Waals surface area contributed by atoms with Gasteiger partial charge in [-0.2, -0.15) is 0 Å². The number of amides is 1. The summed E-state index contributed by atoms with van der Waals surface area (Å²) in [5.74, 6) is 1.63. The quantitative estimate of drug-likeness (QED) is 0.738. The van der Waals surface area contributed by atoms with Crippen LogP contribution >= 0.6 is 11.8 Å². The maximum absolute atomic E-state index is 11.5. The normalized spacial score (nSPS) is 17.2. The summed E-state index contributed by atoms with van der Waals surface area (Å²) in [4.78, 5) is 12.9. The van der Waals surface area contributed by atoms with Gasteiger partial charge in [0.05, 0.1) is 13.2 Å². The van der Waals surface area contributed by atoms with Crippen molar-refractivity contribution in [2.75, 3.05) is 39.1 Å². The summed E-state index contributed by atoms with van der Waals surface area (Å²) in [6.45, 7) is 2.34. The third-order valence-corrected chi connectivity index (χ3v) is 4.36. The molecule has 1 amide bonds. The van der Waals surface area contributed by atoms with Gasteiger partial charge in [0.15, 0.2) is 0 Å². The first-order valence-corrected chi connectivity index (χ1v) is 7.48. The fraction of sp³-hybridized carbons (Fsp3) is 0.500. The Balaban J connectivity index is 1.68. The second-order valence-corrected chi connectivity index (χ2v) is 5.58. The molecule has 104 valence electrons. The molecule has 1 aromatic rings. The first kappa shape index (κ1) is 14.4. The van der Waals surface area contributed by atoms with Gasteiger partial charge in [-0.3, -0.25) is 4.79 Å². The van der Waals surface area contributed by atoms with Crippen LogP contribution in [0.15, 0.2) is 29.2 Å². The number of thioether (sulfide) groups is 1. The van der Waals surface area contributed by atoms with Gasteiger partial charge < -0.3 is 15.4 Å². The monoisotopic (exact) mass is 280 g/mol. The first-order valence-electron chi connectivity index (χ1n) is 6.49. The molecule has 5 heteroatoms. The lowest BCUT2D eigenvalue weighted by Crippen LogP contribution is -2.37. The van der Waals surface area contributed by atoms with Crippen LogP contribution in [0.4, 0.5) is 0 Å². The summed E-state index contributed by atoms with van der Waals surface area (Å²) in [6, 6.07) is 8.50. The predicted octanol–water partition coefficient (Wildman–Crippen LogP) is 1.23. The molecule has 1 unspecified atom stereocenters. The molecule has 1 aliphatic rings. The third-order valence-electron chi connectivity index (χ3n) is 3.10. The smallest absolute Gasteiger partial charge is 0.234 e. The lowest BCUT2D eigenvalue weighted by atomic mass is 10.0. The molecule has 19 heavy (non-hydrogen) atoms. The number of rotatable bonds is 7. The molecule has 0 radical (unpaired) electrons. The van der Waals surface area contributed by atoms with Crippen LogP contribution in [0.5, 0.6) is 0 Å². The molecule has 0 saturated heterocycles. The molecule has 1 aliphatic heterocycles. The standard InChI is InChI=1S/C14H20N2O2S/c1-18-7-6-16-14(17)9-15-8-11-10-19-13-5-3-2-4-12(11)13/h2-5,11,15H,6-10H2,1H3,(H,16,17). The van der Waals surface area contributed by atoms with Crippen molar-refractivity contribution >= 4 is 17.7 Å². The first-order chi connectivity index (χ1) is 9.31. The average molecular weight is 280 g/mol. The van der Waals surface area contributed by atoms with Crippen LogP contribution in [-0.4, -0.2) is 45.0 Å². The molecule has 2 rings (SSSR count). The van der Waals surface area contributed by atoms with Gasteiger partial charge in [-0.1, -0.05) is 18.2 Å². The van der Waals surface area contributed by atoms with Crippen molar-refractivity contribution in [3.05, 3.63) is 29.8 Å². The highest BCUT2D eigenvalue weighted by Crippen LogP contribution is 2.38. The van der Waals surface area contributed by atoms with E-state index in [2.05, 4.69) is 34.9 Å². The van der Waals surface area contributed by atoms with Crippen molar-refractivity contribution in [3.63, 3.8) is 0 Å². The van der Waals surface area contributed by atoms with Gasteiger partial charge >= 0.3 is 0 Å². The molecule has 2 N–H and O–H groups in total. The zero-order valence-electron chi connectivity index (χ0n) is 11.1. The maximum Gasteiger partial charge on any atom is 0.234 e. The Bertz CT molecular complexity index is 426. The van der Waals surface area contributed by atoms with Crippen molar-refractivity contribution < 1.29 is 9.53 Å². The van der Waals surface area contributed by atoms with E-state index in [0.717, 1.165) is 12.3 Å². The Morgan fingerprint density at radius 1 is 1.47 bits per heavy atom. The van der Waals surface area contributed by atoms with E-state index in [1.807, 2.05) is 11.8 Å². The minimum absolute atomic E-state index is 0.0241. The van der Waals surface area contributed by atoms with Crippen molar-refractivity contribution in [2.24, 2.45) is 0 Å². The van der Waals surface area contributed by atoms with Gasteiger partial charge in [0.2, 0.25) is 5.91 Å². The summed E-state index contributed by atoms with van der Waals surface area (Å²) < 4.78 is 4.88. The number of carbonyl (C=O) groups is 1. The molecule has 0 aromatic heterocycles. The van der Waals surface area contributed by atoms with Crippen molar-refractivity contribution in [1.82, 2.24) is 10.6 Å². The molecular formula is C14H20N2O2S. The highest BCUT2D eigenvalue weighted by molar-refractivity contribution is 7.99. The van der Waals surface area contributed by atoms with Crippen LogP contribution in [0, 0.1) is 0 Å². The molecule has 1 heterocycles. The largest absolute Gasteiger partial charge is 0.383 e. The zero-order valence-corrected chi connectivity index (χ0v) is 12.0. The molecule has 0 saturated carbocycles. The second-order valence-electron chi connectivity index (χ2n) is 4.52. The van der Waals surface area contributed by atoms with Crippen LogP contribution in [0.2, 0.25) is 0 Å². The summed E-state index contributed by atoms with van der Waals surface area (Å²) in [6.07, 6.45) is 0.